The molecule has 2 aliphatic rings. The summed E-state index contributed by atoms with van der Waals surface area (Å²) in [5.74, 6) is 0.933. The Hall–Kier alpha value is -0.610. The third kappa shape index (κ3) is 3.69. The highest BCUT2D eigenvalue weighted by Crippen LogP contribution is 2.25. The number of carbonyl (C=O) groups excluding carboxylic acids is 1. The van der Waals surface area contributed by atoms with Gasteiger partial charge in [-0.2, -0.15) is 0 Å². The number of amides is 1. The molecule has 2 rings (SSSR count). The van der Waals surface area contributed by atoms with Crippen LogP contribution in [0.2, 0.25) is 0 Å². The number of nitrogens with one attached hydrogen (secondary N) is 1. The zero-order valence-electron chi connectivity index (χ0n) is 11.5. The second kappa shape index (κ2) is 6.53. The van der Waals surface area contributed by atoms with Gasteiger partial charge in [0.2, 0.25) is 5.91 Å². The molecule has 1 saturated carbocycles. The quantitative estimate of drug-likeness (QED) is 0.745. The van der Waals surface area contributed by atoms with Crippen molar-refractivity contribution >= 4 is 5.91 Å². The zero-order valence-corrected chi connectivity index (χ0v) is 11.5. The molecule has 4 nitrogen and oxygen atoms in total. The first-order chi connectivity index (χ1) is 8.74. The van der Waals surface area contributed by atoms with E-state index < -0.39 is 0 Å². The summed E-state index contributed by atoms with van der Waals surface area (Å²) in [5, 5.41) is 3.05. The normalized spacial score (nSPS) is 29.2. The molecular formula is C14H27N3O. The first kappa shape index (κ1) is 13.8. The molecule has 2 unspecified atom stereocenters. The van der Waals surface area contributed by atoms with Gasteiger partial charge in [-0.3, -0.25) is 9.69 Å². The van der Waals surface area contributed by atoms with Gasteiger partial charge in [0.1, 0.15) is 0 Å². The average molecular weight is 253 g/mol. The predicted octanol–water partition coefficient (Wildman–Crippen LogP) is 1.10. The molecule has 0 bridgehead atoms. The van der Waals surface area contributed by atoms with Gasteiger partial charge in [-0.1, -0.05) is 13.3 Å². The van der Waals surface area contributed by atoms with Gasteiger partial charge in [-0.05, 0) is 38.1 Å². The van der Waals surface area contributed by atoms with E-state index in [-0.39, 0.29) is 5.91 Å². The zero-order chi connectivity index (χ0) is 13.0. The molecular weight excluding hydrogens is 226 g/mol. The summed E-state index contributed by atoms with van der Waals surface area (Å²) in [7, 11) is 0. The van der Waals surface area contributed by atoms with Crippen LogP contribution in [0.15, 0.2) is 0 Å². The van der Waals surface area contributed by atoms with Crippen molar-refractivity contribution in [3.8, 4) is 0 Å². The van der Waals surface area contributed by atoms with Crippen molar-refractivity contribution in [2.75, 3.05) is 19.6 Å². The first-order valence-electron chi connectivity index (χ1n) is 7.48. The SMILES string of the molecule is CCC1CCCN(CCC(=O)NC2CC2)C1CN. The van der Waals surface area contributed by atoms with Crippen LogP contribution in [0.1, 0.15) is 45.4 Å². The van der Waals surface area contributed by atoms with Gasteiger partial charge in [-0.25, -0.2) is 0 Å². The van der Waals surface area contributed by atoms with Crippen LogP contribution in [0, 0.1) is 5.92 Å². The van der Waals surface area contributed by atoms with Crippen LogP contribution in [0.3, 0.4) is 0 Å². The van der Waals surface area contributed by atoms with Gasteiger partial charge in [0.25, 0.3) is 0 Å². The molecule has 1 aliphatic carbocycles. The standard InChI is InChI=1S/C14H27N3O/c1-2-11-4-3-8-17(13(11)10-15)9-7-14(18)16-12-5-6-12/h11-13H,2-10,15H2,1H3,(H,16,18). The molecule has 0 spiro atoms. The molecule has 104 valence electrons. The lowest BCUT2D eigenvalue weighted by Gasteiger charge is -2.40. The van der Waals surface area contributed by atoms with Crippen molar-refractivity contribution < 1.29 is 4.79 Å². The van der Waals surface area contributed by atoms with E-state index in [9.17, 15) is 4.79 Å². The summed E-state index contributed by atoms with van der Waals surface area (Å²) in [5.41, 5.74) is 5.91. The van der Waals surface area contributed by atoms with E-state index in [4.69, 9.17) is 5.73 Å². The Kier molecular flexibility index (Phi) is 5.01. The molecule has 0 radical (unpaired) electrons. The Morgan fingerprint density at radius 1 is 1.39 bits per heavy atom. The second-order valence-electron chi connectivity index (χ2n) is 5.74. The van der Waals surface area contributed by atoms with E-state index in [0.29, 0.717) is 18.5 Å². The maximum absolute atomic E-state index is 11.7. The van der Waals surface area contributed by atoms with Crippen molar-refractivity contribution in [2.45, 2.75) is 57.5 Å². The predicted molar refractivity (Wildman–Crippen MR) is 73.2 cm³/mol. The lowest BCUT2D eigenvalue weighted by atomic mass is 9.87. The summed E-state index contributed by atoms with van der Waals surface area (Å²) in [6.45, 7) is 4.95. The molecule has 3 N–H and O–H groups in total. The Labute approximate surface area is 110 Å². The van der Waals surface area contributed by atoms with E-state index in [1.165, 1.54) is 32.1 Å². The minimum atomic E-state index is 0.215. The fraction of sp³-hybridized carbons (Fsp3) is 0.929. The number of nitrogens with two attached hydrogens (primary N) is 1. The Morgan fingerprint density at radius 3 is 2.78 bits per heavy atom. The van der Waals surface area contributed by atoms with Gasteiger partial charge in [0, 0.05) is 31.6 Å². The van der Waals surface area contributed by atoms with Crippen LogP contribution < -0.4 is 11.1 Å². The van der Waals surface area contributed by atoms with Crippen LogP contribution >= 0.6 is 0 Å². The largest absolute Gasteiger partial charge is 0.353 e. The van der Waals surface area contributed by atoms with Crippen molar-refractivity contribution in [1.29, 1.82) is 0 Å². The van der Waals surface area contributed by atoms with Gasteiger partial charge in [-0.15, -0.1) is 0 Å². The lowest BCUT2D eigenvalue weighted by Crippen LogP contribution is -2.50. The van der Waals surface area contributed by atoms with Crippen molar-refractivity contribution in [3.05, 3.63) is 0 Å². The number of nitrogens with zero attached hydrogens (tertiary/aromatic N) is 1. The molecule has 0 aromatic carbocycles. The van der Waals surface area contributed by atoms with E-state index in [1.807, 2.05) is 0 Å². The Morgan fingerprint density at radius 2 is 2.17 bits per heavy atom. The fourth-order valence-corrected chi connectivity index (χ4v) is 3.08. The van der Waals surface area contributed by atoms with E-state index >= 15 is 0 Å². The maximum Gasteiger partial charge on any atom is 0.221 e. The number of piperidine rings is 1. The topological polar surface area (TPSA) is 58.4 Å². The summed E-state index contributed by atoms with van der Waals surface area (Å²) in [6, 6.07) is 0.963. The molecule has 2 fully saturated rings. The molecule has 0 aromatic rings. The third-order valence-corrected chi connectivity index (χ3v) is 4.37. The first-order valence-corrected chi connectivity index (χ1v) is 7.48. The second-order valence-corrected chi connectivity index (χ2v) is 5.74. The number of hydrogen-bond acceptors (Lipinski definition) is 3. The molecule has 4 heteroatoms. The van der Waals surface area contributed by atoms with Crippen molar-refractivity contribution in [1.82, 2.24) is 10.2 Å². The monoisotopic (exact) mass is 253 g/mol. The minimum Gasteiger partial charge on any atom is -0.353 e. The van der Waals surface area contributed by atoms with Crippen LogP contribution in [0.25, 0.3) is 0 Å². The number of rotatable bonds is 6. The molecule has 18 heavy (non-hydrogen) atoms. The molecule has 1 heterocycles. The average Bonchev–Trinajstić information content (AvgIpc) is 3.19. The van der Waals surface area contributed by atoms with Crippen LogP contribution in [-0.4, -0.2) is 42.5 Å². The van der Waals surface area contributed by atoms with Crippen molar-refractivity contribution in [3.63, 3.8) is 0 Å². The highest BCUT2D eigenvalue weighted by atomic mass is 16.1. The molecule has 2 atom stereocenters. The summed E-state index contributed by atoms with van der Waals surface area (Å²) >= 11 is 0. The highest BCUT2D eigenvalue weighted by Gasteiger charge is 2.29. The fourth-order valence-electron chi connectivity index (χ4n) is 3.08. The highest BCUT2D eigenvalue weighted by molar-refractivity contribution is 5.76. The summed E-state index contributed by atoms with van der Waals surface area (Å²) < 4.78 is 0. The molecule has 1 aliphatic heterocycles. The minimum absolute atomic E-state index is 0.215. The number of hydrogen-bond donors (Lipinski definition) is 2. The summed E-state index contributed by atoms with van der Waals surface area (Å²) in [4.78, 5) is 14.1. The molecule has 1 saturated heterocycles. The third-order valence-electron chi connectivity index (χ3n) is 4.37. The molecule has 0 aromatic heterocycles. The van der Waals surface area contributed by atoms with E-state index in [1.54, 1.807) is 0 Å². The van der Waals surface area contributed by atoms with Gasteiger partial charge in [0.15, 0.2) is 0 Å². The Balaban J connectivity index is 1.76. The van der Waals surface area contributed by atoms with E-state index in [0.717, 1.165) is 25.6 Å². The maximum atomic E-state index is 11.7. The smallest absolute Gasteiger partial charge is 0.221 e. The number of likely N-dealkylation sites (tertiary alicyclic amines) is 1. The van der Waals surface area contributed by atoms with Crippen LogP contribution in [0.4, 0.5) is 0 Å². The molecule has 1 amide bonds. The van der Waals surface area contributed by atoms with Gasteiger partial charge in [0.05, 0.1) is 0 Å². The van der Waals surface area contributed by atoms with Gasteiger partial charge < -0.3 is 11.1 Å². The van der Waals surface area contributed by atoms with Crippen molar-refractivity contribution in [2.24, 2.45) is 11.7 Å². The number of carbonyl (C=O) groups is 1. The van der Waals surface area contributed by atoms with Gasteiger partial charge >= 0.3 is 0 Å². The van der Waals surface area contributed by atoms with E-state index in [2.05, 4.69) is 17.1 Å². The Bertz CT molecular complexity index is 278. The lowest BCUT2D eigenvalue weighted by molar-refractivity contribution is -0.121. The summed E-state index contributed by atoms with van der Waals surface area (Å²) in [6.07, 6.45) is 6.70. The van der Waals surface area contributed by atoms with Crippen LogP contribution in [0.5, 0.6) is 0 Å². The van der Waals surface area contributed by atoms with Crippen LogP contribution in [-0.2, 0) is 4.79 Å².